The molecule has 2 amide bonds. The van der Waals surface area contributed by atoms with E-state index in [2.05, 4.69) is 0 Å². The van der Waals surface area contributed by atoms with Gasteiger partial charge in [-0.25, -0.2) is 0 Å². The lowest BCUT2D eigenvalue weighted by atomic mass is 10.1. The minimum Gasteiger partial charge on any atom is -0.481 e. The molecular formula is C15H26N2O4. The second kappa shape index (κ2) is 7.43. The Morgan fingerprint density at radius 3 is 2.43 bits per heavy atom. The maximum Gasteiger partial charge on any atom is 0.305 e. The molecule has 1 N–H and O–H groups in total. The fourth-order valence-electron chi connectivity index (χ4n) is 2.63. The van der Waals surface area contributed by atoms with E-state index in [-0.39, 0.29) is 43.2 Å². The van der Waals surface area contributed by atoms with Crippen LogP contribution in [0.4, 0.5) is 0 Å². The molecule has 1 aliphatic heterocycles. The van der Waals surface area contributed by atoms with Gasteiger partial charge in [-0.1, -0.05) is 13.8 Å². The molecule has 120 valence electrons. The van der Waals surface area contributed by atoms with Crippen molar-refractivity contribution >= 4 is 17.8 Å². The summed E-state index contributed by atoms with van der Waals surface area (Å²) >= 11 is 0. The highest BCUT2D eigenvalue weighted by atomic mass is 16.4. The van der Waals surface area contributed by atoms with Gasteiger partial charge in [-0.3, -0.25) is 14.4 Å². The molecule has 1 unspecified atom stereocenters. The van der Waals surface area contributed by atoms with Crippen LogP contribution in [0.2, 0.25) is 0 Å². The van der Waals surface area contributed by atoms with Gasteiger partial charge in [-0.2, -0.15) is 0 Å². The van der Waals surface area contributed by atoms with E-state index in [4.69, 9.17) is 5.11 Å². The Balaban J connectivity index is 2.68. The smallest absolute Gasteiger partial charge is 0.305 e. The number of likely N-dealkylation sites (tertiary alicyclic amines) is 1. The van der Waals surface area contributed by atoms with Crippen LogP contribution in [0.5, 0.6) is 0 Å². The zero-order valence-electron chi connectivity index (χ0n) is 13.3. The van der Waals surface area contributed by atoms with Crippen molar-refractivity contribution in [2.75, 3.05) is 19.6 Å². The maximum absolute atomic E-state index is 12.5. The third-order valence-corrected chi connectivity index (χ3v) is 3.62. The molecule has 0 spiro atoms. The van der Waals surface area contributed by atoms with Gasteiger partial charge >= 0.3 is 5.97 Å². The lowest BCUT2D eigenvalue weighted by molar-refractivity contribution is -0.141. The van der Waals surface area contributed by atoms with E-state index < -0.39 is 5.97 Å². The van der Waals surface area contributed by atoms with Crippen molar-refractivity contribution in [1.29, 1.82) is 0 Å². The molecule has 0 aromatic heterocycles. The van der Waals surface area contributed by atoms with Crippen molar-refractivity contribution in [1.82, 2.24) is 9.80 Å². The highest BCUT2D eigenvalue weighted by Crippen LogP contribution is 2.22. The van der Waals surface area contributed by atoms with Gasteiger partial charge < -0.3 is 14.9 Å². The second-order valence-corrected chi connectivity index (χ2v) is 6.36. The molecule has 6 heteroatoms. The second-order valence-electron chi connectivity index (χ2n) is 6.36. The quantitative estimate of drug-likeness (QED) is 0.766. The van der Waals surface area contributed by atoms with Crippen LogP contribution >= 0.6 is 0 Å². The maximum atomic E-state index is 12.5. The predicted octanol–water partition coefficient (Wildman–Crippen LogP) is 1.20. The van der Waals surface area contributed by atoms with Gasteiger partial charge in [0.05, 0.1) is 12.3 Å². The zero-order chi connectivity index (χ0) is 16.2. The Morgan fingerprint density at radius 1 is 1.33 bits per heavy atom. The van der Waals surface area contributed by atoms with Crippen LogP contribution < -0.4 is 0 Å². The van der Waals surface area contributed by atoms with Crippen LogP contribution in [-0.2, 0) is 14.4 Å². The summed E-state index contributed by atoms with van der Waals surface area (Å²) in [5.41, 5.74) is 0. The van der Waals surface area contributed by atoms with Crippen LogP contribution in [0, 0.1) is 11.8 Å². The van der Waals surface area contributed by atoms with Gasteiger partial charge in [0, 0.05) is 32.1 Å². The number of carbonyl (C=O) groups is 3. The van der Waals surface area contributed by atoms with Crippen molar-refractivity contribution in [2.45, 2.75) is 46.6 Å². The SMILES string of the molecule is CC(C)CN1CC(C(=O)N(CCC(=O)O)C(C)C)CC1=O. The van der Waals surface area contributed by atoms with Crippen molar-refractivity contribution in [3.8, 4) is 0 Å². The van der Waals surface area contributed by atoms with Crippen LogP contribution in [-0.4, -0.2) is 58.4 Å². The first kappa shape index (κ1) is 17.5. The van der Waals surface area contributed by atoms with Crippen molar-refractivity contribution < 1.29 is 19.5 Å². The summed E-state index contributed by atoms with van der Waals surface area (Å²) in [6, 6.07) is -0.0638. The third-order valence-electron chi connectivity index (χ3n) is 3.62. The number of nitrogens with zero attached hydrogens (tertiary/aromatic N) is 2. The topological polar surface area (TPSA) is 77.9 Å². The largest absolute Gasteiger partial charge is 0.481 e. The molecule has 1 rings (SSSR count). The number of rotatable bonds is 7. The summed E-state index contributed by atoms with van der Waals surface area (Å²) in [6.07, 6.45) is 0.169. The number of amides is 2. The minimum atomic E-state index is -0.919. The van der Waals surface area contributed by atoms with Crippen molar-refractivity contribution in [2.24, 2.45) is 11.8 Å². The van der Waals surface area contributed by atoms with Gasteiger partial charge in [0.1, 0.15) is 0 Å². The molecule has 0 saturated carbocycles. The molecule has 6 nitrogen and oxygen atoms in total. The zero-order valence-corrected chi connectivity index (χ0v) is 13.3. The molecule has 21 heavy (non-hydrogen) atoms. The van der Waals surface area contributed by atoms with Crippen LogP contribution in [0.25, 0.3) is 0 Å². The lowest BCUT2D eigenvalue weighted by Crippen LogP contribution is -2.43. The number of aliphatic carboxylic acids is 1. The lowest BCUT2D eigenvalue weighted by Gasteiger charge is -2.29. The molecule has 0 radical (unpaired) electrons. The summed E-state index contributed by atoms with van der Waals surface area (Å²) in [4.78, 5) is 38.5. The molecule has 0 bridgehead atoms. The van der Waals surface area contributed by atoms with E-state index in [0.717, 1.165) is 0 Å². The summed E-state index contributed by atoms with van der Waals surface area (Å²) in [7, 11) is 0. The average Bonchev–Trinajstić information content (AvgIpc) is 2.69. The number of carbonyl (C=O) groups excluding carboxylic acids is 2. The number of carboxylic acids is 1. The third kappa shape index (κ3) is 5.02. The van der Waals surface area contributed by atoms with E-state index in [0.29, 0.717) is 19.0 Å². The summed E-state index contributed by atoms with van der Waals surface area (Å²) in [5.74, 6) is -0.976. The van der Waals surface area contributed by atoms with Crippen LogP contribution in [0.1, 0.15) is 40.5 Å². The molecule has 1 heterocycles. The highest BCUT2D eigenvalue weighted by molar-refractivity contribution is 5.89. The fourth-order valence-corrected chi connectivity index (χ4v) is 2.63. The van der Waals surface area contributed by atoms with Gasteiger partial charge in [-0.15, -0.1) is 0 Å². The molecule has 1 fully saturated rings. The molecule has 1 aliphatic rings. The van der Waals surface area contributed by atoms with Crippen LogP contribution in [0.15, 0.2) is 0 Å². The summed E-state index contributed by atoms with van der Waals surface area (Å²) in [5, 5.41) is 8.77. The summed E-state index contributed by atoms with van der Waals surface area (Å²) < 4.78 is 0. The summed E-state index contributed by atoms with van der Waals surface area (Å²) in [6.45, 7) is 9.11. The monoisotopic (exact) mass is 298 g/mol. The normalized spacial score (nSPS) is 18.7. The Hall–Kier alpha value is -1.59. The average molecular weight is 298 g/mol. The number of hydrogen-bond donors (Lipinski definition) is 1. The van der Waals surface area contributed by atoms with E-state index in [9.17, 15) is 14.4 Å². The Bertz CT molecular complexity index is 406. The van der Waals surface area contributed by atoms with Gasteiger partial charge in [0.2, 0.25) is 11.8 Å². The van der Waals surface area contributed by atoms with E-state index >= 15 is 0 Å². The first-order valence-electron chi connectivity index (χ1n) is 7.52. The Morgan fingerprint density at radius 2 is 1.95 bits per heavy atom. The van der Waals surface area contributed by atoms with Crippen molar-refractivity contribution in [3.63, 3.8) is 0 Å². The first-order chi connectivity index (χ1) is 9.72. The van der Waals surface area contributed by atoms with Gasteiger partial charge in [0.25, 0.3) is 0 Å². The van der Waals surface area contributed by atoms with Gasteiger partial charge in [0.15, 0.2) is 0 Å². The van der Waals surface area contributed by atoms with E-state index in [1.807, 2.05) is 27.7 Å². The van der Waals surface area contributed by atoms with Crippen molar-refractivity contribution in [3.05, 3.63) is 0 Å². The van der Waals surface area contributed by atoms with E-state index in [1.54, 1.807) is 9.80 Å². The molecule has 0 aromatic carbocycles. The minimum absolute atomic E-state index is 0.0176. The Labute approximate surface area is 126 Å². The first-order valence-corrected chi connectivity index (χ1v) is 7.52. The molecule has 1 atom stereocenters. The highest BCUT2D eigenvalue weighted by Gasteiger charge is 2.37. The Kier molecular flexibility index (Phi) is 6.18. The molecule has 0 aromatic rings. The van der Waals surface area contributed by atoms with E-state index in [1.165, 1.54) is 0 Å². The van der Waals surface area contributed by atoms with Crippen LogP contribution in [0.3, 0.4) is 0 Å². The number of hydrogen-bond acceptors (Lipinski definition) is 3. The standard InChI is InChI=1S/C15H26N2O4/c1-10(2)8-16-9-12(7-13(16)18)15(21)17(11(3)4)6-5-14(19)20/h10-12H,5-9H2,1-4H3,(H,19,20). The number of carboxylic acid groups (broad SMARTS) is 1. The molecule has 1 saturated heterocycles. The van der Waals surface area contributed by atoms with Gasteiger partial charge in [-0.05, 0) is 19.8 Å². The molecular weight excluding hydrogens is 272 g/mol. The fraction of sp³-hybridized carbons (Fsp3) is 0.800. The predicted molar refractivity (Wildman–Crippen MR) is 78.6 cm³/mol. The molecule has 0 aliphatic carbocycles.